The quantitative estimate of drug-likeness (QED) is 0.693. The summed E-state index contributed by atoms with van der Waals surface area (Å²) < 4.78 is 4.11. The highest BCUT2D eigenvalue weighted by Gasteiger charge is 2.12. The highest BCUT2D eigenvalue weighted by Crippen LogP contribution is 2.17. The predicted molar refractivity (Wildman–Crippen MR) is 78.7 cm³/mol. The van der Waals surface area contributed by atoms with Gasteiger partial charge >= 0.3 is 0 Å². The molecule has 0 aliphatic rings. The van der Waals surface area contributed by atoms with Crippen LogP contribution < -0.4 is 0 Å². The number of alkyl halides is 1. The highest BCUT2D eigenvalue weighted by molar-refractivity contribution is 6.16. The van der Waals surface area contributed by atoms with Gasteiger partial charge in [-0.05, 0) is 19.1 Å². The van der Waals surface area contributed by atoms with E-state index in [2.05, 4.69) is 19.5 Å². The molecular formula is C14H16ClN5. The maximum atomic E-state index is 6.00. The SMILES string of the molecule is Cc1ccc2nc(CCl)n(CCc3nccn3C)c2n1. The molecule has 6 heteroatoms. The number of imidazole rings is 2. The summed E-state index contributed by atoms with van der Waals surface area (Å²) >= 11 is 6.00. The largest absolute Gasteiger partial charge is 0.338 e. The number of hydrogen-bond donors (Lipinski definition) is 0. The van der Waals surface area contributed by atoms with Gasteiger partial charge in [-0.25, -0.2) is 15.0 Å². The molecule has 0 spiro atoms. The van der Waals surface area contributed by atoms with Crippen LogP contribution in [0.2, 0.25) is 0 Å². The lowest BCUT2D eigenvalue weighted by atomic mass is 10.3. The molecule has 5 nitrogen and oxygen atoms in total. The van der Waals surface area contributed by atoms with Crippen molar-refractivity contribution in [2.45, 2.75) is 25.8 Å². The third-order valence-electron chi connectivity index (χ3n) is 3.41. The minimum Gasteiger partial charge on any atom is -0.338 e. The minimum absolute atomic E-state index is 0.385. The fourth-order valence-corrected chi connectivity index (χ4v) is 2.53. The lowest BCUT2D eigenvalue weighted by Crippen LogP contribution is -2.09. The zero-order valence-corrected chi connectivity index (χ0v) is 12.3. The van der Waals surface area contributed by atoms with Gasteiger partial charge in [-0.1, -0.05) is 0 Å². The number of aryl methyl sites for hydroxylation is 4. The molecule has 0 bridgehead atoms. The van der Waals surface area contributed by atoms with Crippen molar-refractivity contribution in [1.29, 1.82) is 0 Å². The van der Waals surface area contributed by atoms with Gasteiger partial charge in [0.2, 0.25) is 0 Å². The van der Waals surface area contributed by atoms with Gasteiger partial charge in [-0.15, -0.1) is 11.6 Å². The number of pyridine rings is 1. The number of halogens is 1. The number of nitrogens with zero attached hydrogens (tertiary/aromatic N) is 5. The van der Waals surface area contributed by atoms with Gasteiger partial charge in [0.1, 0.15) is 17.2 Å². The van der Waals surface area contributed by atoms with E-state index in [9.17, 15) is 0 Å². The smallest absolute Gasteiger partial charge is 0.160 e. The number of aromatic nitrogens is 5. The first-order chi connectivity index (χ1) is 9.69. The number of rotatable bonds is 4. The Hall–Kier alpha value is -1.88. The molecule has 0 saturated carbocycles. The molecule has 0 amide bonds. The summed E-state index contributed by atoms with van der Waals surface area (Å²) in [5.74, 6) is 2.28. The van der Waals surface area contributed by atoms with Gasteiger partial charge in [0.15, 0.2) is 5.65 Å². The zero-order chi connectivity index (χ0) is 14.1. The second-order valence-electron chi connectivity index (χ2n) is 4.81. The van der Waals surface area contributed by atoms with Crippen molar-refractivity contribution >= 4 is 22.8 Å². The van der Waals surface area contributed by atoms with Crippen LogP contribution in [-0.2, 0) is 25.9 Å². The van der Waals surface area contributed by atoms with Crippen LogP contribution in [0.1, 0.15) is 17.3 Å². The van der Waals surface area contributed by atoms with Crippen LogP contribution in [0, 0.1) is 6.92 Å². The summed E-state index contributed by atoms with van der Waals surface area (Å²) in [4.78, 5) is 13.5. The van der Waals surface area contributed by atoms with E-state index >= 15 is 0 Å². The summed E-state index contributed by atoms with van der Waals surface area (Å²) in [6.07, 6.45) is 4.59. The lowest BCUT2D eigenvalue weighted by Gasteiger charge is -2.07. The fourth-order valence-electron chi connectivity index (χ4n) is 2.33. The van der Waals surface area contributed by atoms with Crippen molar-refractivity contribution in [2.75, 3.05) is 0 Å². The van der Waals surface area contributed by atoms with E-state index in [4.69, 9.17) is 11.6 Å². The minimum atomic E-state index is 0.385. The van der Waals surface area contributed by atoms with Crippen LogP contribution in [0.25, 0.3) is 11.2 Å². The van der Waals surface area contributed by atoms with E-state index in [1.807, 2.05) is 43.1 Å². The van der Waals surface area contributed by atoms with Gasteiger partial charge < -0.3 is 9.13 Å². The Balaban J connectivity index is 1.97. The van der Waals surface area contributed by atoms with Crippen LogP contribution in [0.3, 0.4) is 0 Å². The second kappa shape index (κ2) is 5.25. The van der Waals surface area contributed by atoms with Crippen LogP contribution in [0.4, 0.5) is 0 Å². The van der Waals surface area contributed by atoms with Crippen LogP contribution in [0.15, 0.2) is 24.5 Å². The maximum absolute atomic E-state index is 6.00. The Morgan fingerprint density at radius 3 is 2.75 bits per heavy atom. The van der Waals surface area contributed by atoms with Gasteiger partial charge in [0.25, 0.3) is 0 Å². The maximum Gasteiger partial charge on any atom is 0.160 e. The molecule has 3 rings (SSSR count). The molecule has 3 aromatic rings. The normalized spacial score (nSPS) is 11.3. The monoisotopic (exact) mass is 289 g/mol. The van der Waals surface area contributed by atoms with Gasteiger partial charge in [0.05, 0.1) is 5.88 Å². The Morgan fingerprint density at radius 2 is 2.05 bits per heavy atom. The average molecular weight is 290 g/mol. The van der Waals surface area contributed by atoms with Crippen molar-refractivity contribution in [2.24, 2.45) is 7.05 Å². The van der Waals surface area contributed by atoms with Crippen molar-refractivity contribution in [3.8, 4) is 0 Å². The topological polar surface area (TPSA) is 48.5 Å². The van der Waals surface area contributed by atoms with Crippen molar-refractivity contribution < 1.29 is 0 Å². The molecule has 0 radical (unpaired) electrons. The molecule has 0 fully saturated rings. The highest BCUT2D eigenvalue weighted by atomic mass is 35.5. The van der Waals surface area contributed by atoms with E-state index in [1.165, 1.54) is 0 Å². The van der Waals surface area contributed by atoms with Gasteiger partial charge in [-0.2, -0.15) is 0 Å². The first-order valence-corrected chi connectivity index (χ1v) is 7.07. The van der Waals surface area contributed by atoms with E-state index < -0.39 is 0 Å². The van der Waals surface area contributed by atoms with Crippen molar-refractivity contribution in [1.82, 2.24) is 24.1 Å². The number of hydrogen-bond acceptors (Lipinski definition) is 3. The molecule has 0 N–H and O–H groups in total. The third-order valence-corrected chi connectivity index (χ3v) is 3.65. The molecule has 0 saturated heterocycles. The van der Waals surface area contributed by atoms with E-state index in [-0.39, 0.29) is 0 Å². The van der Waals surface area contributed by atoms with Gasteiger partial charge in [-0.3, -0.25) is 0 Å². The number of fused-ring (bicyclic) bond motifs is 1. The standard InChI is InChI=1S/C14H16ClN5/c1-10-3-4-11-14(17-10)20(13(9-15)18-11)7-5-12-16-6-8-19(12)2/h3-4,6,8H,5,7,9H2,1-2H3. The molecule has 0 atom stereocenters. The van der Waals surface area contributed by atoms with Crippen LogP contribution >= 0.6 is 11.6 Å². The first kappa shape index (κ1) is 13.1. The molecule has 0 unspecified atom stereocenters. The summed E-state index contributed by atoms with van der Waals surface area (Å²) in [5.41, 5.74) is 2.78. The fraction of sp³-hybridized carbons (Fsp3) is 0.357. The zero-order valence-electron chi connectivity index (χ0n) is 11.5. The third kappa shape index (κ3) is 2.29. The van der Waals surface area contributed by atoms with Crippen LogP contribution in [-0.4, -0.2) is 24.1 Å². The Morgan fingerprint density at radius 1 is 1.20 bits per heavy atom. The molecule has 0 aromatic carbocycles. The Bertz CT molecular complexity index is 743. The molecule has 20 heavy (non-hydrogen) atoms. The molecule has 0 aliphatic carbocycles. The Kier molecular flexibility index (Phi) is 3.44. The molecular weight excluding hydrogens is 274 g/mol. The lowest BCUT2D eigenvalue weighted by molar-refractivity contribution is 0.642. The molecule has 104 valence electrons. The van der Waals surface area contributed by atoms with Crippen molar-refractivity contribution in [3.63, 3.8) is 0 Å². The summed E-state index contributed by atoms with van der Waals surface area (Å²) in [6.45, 7) is 2.76. The van der Waals surface area contributed by atoms with E-state index in [0.29, 0.717) is 5.88 Å². The van der Waals surface area contributed by atoms with Crippen LogP contribution in [0.5, 0.6) is 0 Å². The summed E-state index contributed by atoms with van der Waals surface area (Å²) in [5, 5.41) is 0. The van der Waals surface area contributed by atoms with E-state index in [0.717, 1.165) is 41.5 Å². The molecule has 0 aliphatic heterocycles. The summed E-state index contributed by atoms with van der Waals surface area (Å²) in [6, 6.07) is 3.96. The first-order valence-electron chi connectivity index (χ1n) is 6.54. The Labute approximate surface area is 122 Å². The molecule has 3 heterocycles. The average Bonchev–Trinajstić information content (AvgIpc) is 2.99. The van der Waals surface area contributed by atoms with Gasteiger partial charge in [0, 0.05) is 38.1 Å². The molecule has 3 aromatic heterocycles. The van der Waals surface area contributed by atoms with E-state index in [1.54, 1.807) is 0 Å². The second-order valence-corrected chi connectivity index (χ2v) is 5.08. The van der Waals surface area contributed by atoms with Crippen molar-refractivity contribution in [3.05, 3.63) is 41.9 Å². The summed E-state index contributed by atoms with van der Waals surface area (Å²) in [7, 11) is 2.00. The predicted octanol–water partition coefficient (Wildman–Crippen LogP) is 2.45.